The van der Waals surface area contributed by atoms with Crippen LogP contribution in [0.5, 0.6) is 11.5 Å². The minimum Gasteiger partial charge on any atom is -0.488 e. The zero-order chi connectivity index (χ0) is 18.4. The molecule has 27 heavy (non-hydrogen) atoms. The number of fused-ring (bicyclic) bond motifs is 2. The van der Waals surface area contributed by atoms with Crippen molar-refractivity contribution in [2.45, 2.75) is 13.3 Å². The summed E-state index contributed by atoms with van der Waals surface area (Å²) in [5.74, 6) is 1.86. The van der Waals surface area contributed by atoms with Gasteiger partial charge in [-0.3, -0.25) is 0 Å². The summed E-state index contributed by atoms with van der Waals surface area (Å²) >= 11 is 0. The first-order valence-corrected chi connectivity index (χ1v) is 9.35. The third-order valence-electron chi connectivity index (χ3n) is 5.47. The first kappa shape index (κ1) is 16.0. The zero-order valence-electron chi connectivity index (χ0n) is 15.3. The number of nitrogen functional groups attached to an aromatic ring is 1. The molecule has 5 rings (SSSR count). The lowest BCUT2D eigenvalue weighted by Crippen LogP contribution is -2.11. The van der Waals surface area contributed by atoms with Crippen molar-refractivity contribution in [2.75, 3.05) is 18.9 Å². The Kier molecular flexibility index (Phi) is 3.68. The zero-order valence-corrected chi connectivity index (χ0v) is 15.3. The van der Waals surface area contributed by atoms with Crippen molar-refractivity contribution in [2.24, 2.45) is 0 Å². The van der Waals surface area contributed by atoms with E-state index in [9.17, 15) is 0 Å². The molecule has 0 fully saturated rings. The second kappa shape index (κ2) is 6.20. The predicted octanol–water partition coefficient (Wildman–Crippen LogP) is 3.01. The van der Waals surface area contributed by atoms with Crippen LogP contribution in [0.15, 0.2) is 60.7 Å². The van der Waals surface area contributed by atoms with Gasteiger partial charge in [0, 0.05) is 27.3 Å². The SMILES string of the molecule is CCc1cc(C2=c3cc4c(cc3OC2)=C(c2ccccc2)CO4)ccc1N. The average molecular weight is 355 g/mol. The van der Waals surface area contributed by atoms with Gasteiger partial charge in [0.05, 0.1) is 0 Å². The molecule has 0 radical (unpaired) electrons. The number of anilines is 1. The molecule has 0 bridgehead atoms. The van der Waals surface area contributed by atoms with Gasteiger partial charge in [-0.05, 0) is 47.4 Å². The van der Waals surface area contributed by atoms with E-state index in [1.54, 1.807) is 0 Å². The Morgan fingerprint density at radius 3 is 2.04 bits per heavy atom. The van der Waals surface area contributed by atoms with E-state index in [0.29, 0.717) is 13.2 Å². The van der Waals surface area contributed by atoms with Crippen LogP contribution in [0.2, 0.25) is 0 Å². The van der Waals surface area contributed by atoms with Crippen LogP contribution in [0.25, 0.3) is 11.1 Å². The fourth-order valence-electron chi connectivity index (χ4n) is 3.94. The first-order chi connectivity index (χ1) is 13.2. The van der Waals surface area contributed by atoms with E-state index in [1.165, 1.54) is 27.8 Å². The van der Waals surface area contributed by atoms with Crippen LogP contribution >= 0.6 is 0 Å². The van der Waals surface area contributed by atoms with Gasteiger partial charge < -0.3 is 15.2 Å². The van der Waals surface area contributed by atoms with Gasteiger partial charge in [-0.2, -0.15) is 0 Å². The molecule has 0 saturated carbocycles. The molecule has 0 unspecified atom stereocenters. The van der Waals surface area contributed by atoms with Crippen LogP contribution in [0, 0.1) is 0 Å². The summed E-state index contributed by atoms with van der Waals surface area (Å²) in [5.41, 5.74) is 12.9. The smallest absolute Gasteiger partial charge is 0.128 e. The van der Waals surface area contributed by atoms with Gasteiger partial charge >= 0.3 is 0 Å². The highest BCUT2D eigenvalue weighted by atomic mass is 16.5. The molecule has 3 heteroatoms. The van der Waals surface area contributed by atoms with E-state index in [-0.39, 0.29) is 0 Å². The molecule has 134 valence electrons. The fraction of sp³-hybridized carbons (Fsp3) is 0.167. The Hall–Kier alpha value is -3.20. The highest BCUT2D eigenvalue weighted by Gasteiger charge is 2.21. The second-order valence-corrected chi connectivity index (χ2v) is 7.01. The first-order valence-electron chi connectivity index (χ1n) is 9.35. The molecule has 2 aliphatic heterocycles. The van der Waals surface area contributed by atoms with Gasteiger partial charge in [0.2, 0.25) is 0 Å². The topological polar surface area (TPSA) is 44.5 Å². The molecular weight excluding hydrogens is 334 g/mol. The fourth-order valence-corrected chi connectivity index (χ4v) is 3.94. The van der Waals surface area contributed by atoms with E-state index in [0.717, 1.165) is 34.0 Å². The van der Waals surface area contributed by atoms with Crippen LogP contribution in [0.1, 0.15) is 23.6 Å². The third-order valence-corrected chi connectivity index (χ3v) is 5.47. The summed E-state index contributed by atoms with van der Waals surface area (Å²) in [6.45, 7) is 3.30. The molecule has 3 nitrogen and oxygen atoms in total. The van der Waals surface area contributed by atoms with Crippen LogP contribution in [-0.4, -0.2) is 13.2 Å². The van der Waals surface area contributed by atoms with Gasteiger partial charge in [-0.25, -0.2) is 0 Å². The summed E-state index contributed by atoms with van der Waals surface area (Å²) in [5, 5.41) is 2.25. The molecule has 3 aromatic rings. The van der Waals surface area contributed by atoms with Gasteiger partial charge in [0.15, 0.2) is 0 Å². The summed E-state index contributed by atoms with van der Waals surface area (Å²) < 4.78 is 12.1. The standard InChI is InChI=1S/C24H21NO2/c1-2-15-10-17(8-9-22(15)25)21-14-27-24-11-18-20(16-6-4-3-5-7-16)13-26-23(18)12-19(21)24/h3-12H,2,13-14,25H2,1H3. The predicted molar refractivity (Wildman–Crippen MR) is 108 cm³/mol. The lowest BCUT2D eigenvalue weighted by molar-refractivity contribution is 0.374. The average Bonchev–Trinajstić information content (AvgIpc) is 3.31. The molecule has 2 N–H and O–H groups in total. The molecule has 2 heterocycles. The molecule has 0 aromatic heterocycles. The molecule has 0 aliphatic carbocycles. The quantitative estimate of drug-likeness (QED) is 0.735. The lowest BCUT2D eigenvalue weighted by atomic mass is 9.99. The second-order valence-electron chi connectivity index (χ2n) is 7.01. The van der Waals surface area contributed by atoms with Gasteiger partial charge in [-0.1, -0.05) is 43.3 Å². The van der Waals surface area contributed by atoms with Crippen molar-refractivity contribution in [3.8, 4) is 11.5 Å². The minimum atomic E-state index is 0.575. The van der Waals surface area contributed by atoms with E-state index < -0.39 is 0 Å². The monoisotopic (exact) mass is 355 g/mol. The molecule has 2 aliphatic rings. The number of rotatable bonds is 3. The Bertz CT molecular complexity index is 1160. The summed E-state index contributed by atoms with van der Waals surface area (Å²) in [4.78, 5) is 0. The van der Waals surface area contributed by atoms with Crippen molar-refractivity contribution in [1.82, 2.24) is 0 Å². The van der Waals surface area contributed by atoms with Crippen LogP contribution < -0.4 is 25.6 Å². The molecule has 3 aromatic carbocycles. The van der Waals surface area contributed by atoms with Crippen LogP contribution in [-0.2, 0) is 6.42 Å². The van der Waals surface area contributed by atoms with E-state index in [4.69, 9.17) is 15.2 Å². The van der Waals surface area contributed by atoms with Crippen molar-refractivity contribution in [3.05, 3.63) is 87.8 Å². The van der Waals surface area contributed by atoms with Gasteiger partial charge in [0.1, 0.15) is 24.7 Å². The summed E-state index contributed by atoms with van der Waals surface area (Å²) in [7, 11) is 0. The van der Waals surface area contributed by atoms with Crippen LogP contribution in [0.3, 0.4) is 0 Å². The largest absolute Gasteiger partial charge is 0.488 e. The summed E-state index contributed by atoms with van der Waals surface area (Å²) in [6, 6.07) is 20.9. The molecule has 0 amide bonds. The molecule has 0 saturated heterocycles. The number of nitrogens with two attached hydrogens (primary N) is 1. The van der Waals surface area contributed by atoms with Gasteiger partial charge in [-0.15, -0.1) is 0 Å². The minimum absolute atomic E-state index is 0.575. The van der Waals surface area contributed by atoms with Crippen molar-refractivity contribution >= 4 is 16.8 Å². The number of benzene rings is 3. The number of ether oxygens (including phenoxy) is 2. The molecule has 0 spiro atoms. The highest BCUT2D eigenvalue weighted by molar-refractivity contribution is 5.75. The Balaban J connectivity index is 1.70. The van der Waals surface area contributed by atoms with E-state index in [2.05, 4.69) is 55.5 Å². The third kappa shape index (κ3) is 2.58. The van der Waals surface area contributed by atoms with Crippen molar-refractivity contribution < 1.29 is 9.47 Å². The van der Waals surface area contributed by atoms with Gasteiger partial charge in [0.25, 0.3) is 0 Å². The number of hydrogen-bond acceptors (Lipinski definition) is 3. The van der Waals surface area contributed by atoms with E-state index >= 15 is 0 Å². The normalized spacial score (nSPS) is 14.6. The number of aryl methyl sites for hydroxylation is 1. The number of hydrogen-bond donors (Lipinski definition) is 1. The van der Waals surface area contributed by atoms with Crippen molar-refractivity contribution in [1.29, 1.82) is 0 Å². The molecule has 0 atom stereocenters. The summed E-state index contributed by atoms with van der Waals surface area (Å²) in [6.07, 6.45) is 0.920. The Morgan fingerprint density at radius 2 is 1.41 bits per heavy atom. The molecular formula is C24H21NO2. The Labute approximate surface area is 158 Å². The van der Waals surface area contributed by atoms with Crippen LogP contribution in [0.4, 0.5) is 5.69 Å². The van der Waals surface area contributed by atoms with E-state index in [1.807, 2.05) is 12.1 Å². The van der Waals surface area contributed by atoms with Crippen molar-refractivity contribution in [3.63, 3.8) is 0 Å². The lowest BCUT2D eigenvalue weighted by Gasteiger charge is -2.07. The Morgan fingerprint density at radius 1 is 0.778 bits per heavy atom. The maximum Gasteiger partial charge on any atom is 0.128 e. The maximum absolute atomic E-state index is 6.07. The highest BCUT2D eigenvalue weighted by Crippen LogP contribution is 2.27. The maximum atomic E-state index is 6.07.